The lowest BCUT2D eigenvalue weighted by Crippen LogP contribution is -2.15. The maximum absolute atomic E-state index is 11.2. The van der Waals surface area contributed by atoms with Crippen molar-refractivity contribution in [3.63, 3.8) is 0 Å². The predicted octanol–water partition coefficient (Wildman–Crippen LogP) is 1.99. The van der Waals surface area contributed by atoms with Gasteiger partial charge in [-0.3, -0.25) is 4.79 Å². The minimum atomic E-state index is 0.405. The van der Waals surface area contributed by atoms with Crippen LogP contribution in [-0.4, -0.2) is 18.9 Å². The third-order valence-electron chi connectivity index (χ3n) is 1.70. The average Bonchev–Trinajstić information content (AvgIpc) is 1.97. The monoisotopic (exact) mass is 171 g/mol. The Morgan fingerprint density at radius 2 is 2.08 bits per heavy atom. The van der Waals surface area contributed by atoms with E-state index in [2.05, 4.69) is 26.1 Å². The van der Waals surface area contributed by atoms with E-state index in [4.69, 9.17) is 0 Å². The highest BCUT2D eigenvalue weighted by atomic mass is 16.1. The number of carbonyl (C=O) groups is 1. The number of carbonyl (C=O) groups excluding carboxylic acids is 1. The van der Waals surface area contributed by atoms with Gasteiger partial charge in [-0.1, -0.05) is 20.8 Å². The van der Waals surface area contributed by atoms with Gasteiger partial charge in [-0.25, -0.2) is 0 Å². The summed E-state index contributed by atoms with van der Waals surface area (Å²) in [6.07, 6.45) is 2.47. The average molecular weight is 171 g/mol. The highest BCUT2D eigenvalue weighted by molar-refractivity contribution is 5.78. The lowest BCUT2D eigenvalue weighted by Gasteiger charge is -2.03. The molecular weight excluding hydrogens is 150 g/mol. The molecule has 0 rings (SSSR count). The Labute approximate surface area is 75.7 Å². The van der Waals surface area contributed by atoms with Crippen LogP contribution in [0.4, 0.5) is 0 Å². The molecule has 0 amide bonds. The van der Waals surface area contributed by atoms with Crippen LogP contribution < -0.4 is 5.32 Å². The van der Waals surface area contributed by atoms with E-state index in [-0.39, 0.29) is 0 Å². The molecule has 0 aliphatic rings. The largest absolute Gasteiger partial charge is 0.317 e. The van der Waals surface area contributed by atoms with Gasteiger partial charge in [0.05, 0.1) is 0 Å². The third kappa shape index (κ3) is 7.73. The van der Waals surface area contributed by atoms with Crippen LogP contribution in [0.1, 0.15) is 40.0 Å². The van der Waals surface area contributed by atoms with Crippen LogP contribution in [-0.2, 0) is 4.79 Å². The second-order valence-electron chi connectivity index (χ2n) is 3.59. The van der Waals surface area contributed by atoms with E-state index in [1.807, 2.05) is 0 Å². The molecule has 0 aromatic rings. The fraction of sp³-hybridized carbons (Fsp3) is 0.900. The summed E-state index contributed by atoms with van der Waals surface area (Å²) in [7, 11) is 0. The Morgan fingerprint density at radius 3 is 2.58 bits per heavy atom. The van der Waals surface area contributed by atoms with Gasteiger partial charge in [0.2, 0.25) is 0 Å². The minimum Gasteiger partial charge on any atom is -0.317 e. The second-order valence-corrected chi connectivity index (χ2v) is 3.59. The van der Waals surface area contributed by atoms with Gasteiger partial charge in [-0.15, -0.1) is 0 Å². The van der Waals surface area contributed by atoms with Gasteiger partial charge in [-0.05, 0) is 25.4 Å². The molecule has 12 heavy (non-hydrogen) atoms. The molecule has 2 nitrogen and oxygen atoms in total. The topological polar surface area (TPSA) is 29.1 Å². The zero-order valence-corrected chi connectivity index (χ0v) is 8.52. The lowest BCUT2D eigenvalue weighted by atomic mass is 10.0. The van der Waals surface area contributed by atoms with Crippen LogP contribution in [0.3, 0.4) is 0 Å². The molecule has 0 aromatic carbocycles. The Kier molecular flexibility index (Phi) is 7.06. The first-order chi connectivity index (χ1) is 5.66. The van der Waals surface area contributed by atoms with Crippen molar-refractivity contribution in [2.24, 2.45) is 5.92 Å². The summed E-state index contributed by atoms with van der Waals surface area (Å²) in [6, 6.07) is 0. The summed E-state index contributed by atoms with van der Waals surface area (Å²) < 4.78 is 0. The SMILES string of the molecule is CCNCCCC(=O)CC(C)C. The Hall–Kier alpha value is -0.370. The van der Waals surface area contributed by atoms with Gasteiger partial charge in [0.25, 0.3) is 0 Å². The van der Waals surface area contributed by atoms with Crippen molar-refractivity contribution in [2.75, 3.05) is 13.1 Å². The number of hydrogen-bond acceptors (Lipinski definition) is 2. The molecule has 0 spiro atoms. The van der Waals surface area contributed by atoms with Crippen molar-refractivity contribution in [3.05, 3.63) is 0 Å². The summed E-state index contributed by atoms with van der Waals surface area (Å²) in [5.41, 5.74) is 0. The lowest BCUT2D eigenvalue weighted by molar-refractivity contribution is -0.119. The molecule has 0 saturated heterocycles. The smallest absolute Gasteiger partial charge is 0.133 e. The van der Waals surface area contributed by atoms with Gasteiger partial charge in [-0.2, -0.15) is 0 Å². The van der Waals surface area contributed by atoms with Crippen LogP contribution in [0, 0.1) is 5.92 Å². The molecule has 0 bridgehead atoms. The van der Waals surface area contributed by atoms with E-state index in [0.29, 0.717) is 11.7 Å². The number of nitrogens with one attached hydrogen (secondary N) is 1. The minimum absolute atomic E-state index is 0.405. The van der Waals surface area contributed by atoms with E-state index in [9.17, 15) is 4.79 Å². The molecular formula is C10H21NO. The summed E-state index contributed by atoms with van der Waals surface area (Å²) in [6.45, 7) is 8.22. The predicted molar refractivity (Wildman–Crippen MR) is 52.2 cm³/mol. The van der Waals surface area contributed by atoms with Gasteiger partial charge in [0, 0.05) is 12.8 Å². The Bertz CT molecular complexity index is 121. The van der Waals surface area contributed by atoms with Crippen LogP contribution in [0.15, 0.2) is 0 Å². The van der Waals surface area contributed by atoms with Crippen molar-refractivity contribution in [2.45, 2.75) is 40.0 Å². The van der Waals surface area contributed by atoms with Crippen molar-refractivity contribution in [1.82, 2.24) is 5.32 Å². The third-order valence-corrected chi connectivity index (χ3v) is 1.70. The molecule has 2 heteroatoms. The van der Waals surface area contributed by atoms with Gasteiger partial charge >= 0.3 is 0 Å². The number of ketones is 1. The molecule has 0 atom stereocenters. The molecule has 0 saturated carbocycles. The number of Topliss-reactive ketones (excluding diaryl/α,β-unsaturated/α-hetero) is 1. The molecule has 0 aliphatic carbocycles. The number of rotatable bonds is 7. The van der Waals surface area contributed by atoms with Crippen molar-refractivity contribution in [3.8, 4) is 0 Å². The Morgan fingerprint density at radius 1 is 1.42 bits per heavy atom. The quantitative estimate of drug-likeness (QED) is 0.593. The molecule has 0 heterocycles. The summed E-state index contributed by atoms with van der Waals surface area (Å²) >= 11 is 0. The van der Waals surface area contributed by atoms with Gasteiger partial charge < -0.3 is 5.32 Å². The van der Waals surface area contributed by atoms with Crippen molar-refractivity contribution < 1.29 is 4.79 Å². The standard InChI is InChI=1S/C10H21NO/c1-4-11-7-5-6-10(12)8-9(2)3/h9,11H,4-8H2,1-3H3. The first-order valence-electron chi connectivity index (χ1n) is 4.89. The van der Waals surface area contributed by atoms with E-state index in [1.54, 1.807) is 0 Å². The number of hydrogen-bond donors (Lipinski definition) is 1. The highest BCUT2D eigenvalue weighted by Crippen LogP contribution is 2.03. The zero-order chi connectivity index (χ0) is 9.40. The maximum atomic E-state index is 11.2. The van der Waals surface area contributed by atoms with Crippen LogP contribution in [0.2, 0.25) is 0 Å². The maximum Gasteiger partial charge on any atom is 0.133 e. The van der Waals surface area contributed by atoms with E-state index in [0.717, 1.165) is 32.4 Å². The summed E-state index contributed by atoms with van der Waals surface area (Å²) in [5, 5.41) is 3.20. The van der Waals surface area contributed by atoms with E-state index in [1.165, 1.54) is 0 Å². The molecule has 0 unspecified atom stereocenters. The fourth-order valence-electron chi connectivity index (χ4n) is 1.14. The first-order valence-corrected chi connectivity index (χ1v) is 4.89. The van der Waals surface area contributed by atoms with Gasteiger partial charge in [0.15, 0.2) is 0 Å². The normalized spacial score (nSPS) is 10.7. The van der Waals surface area contributed by atoms with E-state index >= 15 is 0 Å². The molecule has 0 fully saturated rings. The fourth-order valence-corrected chi connectivity index (χ4v) is 1.14. The van der Waals surface area contributed by atoms with Crippen molar-refractivity contribution in [1.29, 1.82) is 0 Å². The molecule has 0 aromatic heterocycles. The highest BCUT2D eigenvalue weighted by Gasteiger charge is 2.03. The Balaban J connectivity index is 3.20. The zero-order valence-electron chi connectivity index (χ0n) is 8.52. The summed E-state index contributed by atoms with van der Waals surface area (Å²) in [4.78, 5) is 11.2. The van der Waals surface area contributed by atoms with Crippen molar-refractivity contribution >= 4 is 5.78 Å². The van der Waals surface area contributed by atoms with Crippen LogP contribution in [0.25, 0.3) is 0 Å². The van der Waals surface area contributed by atoms with Crippen LogP contribution in [0.5, 0.6) is 0 Å². The molecule has 72 valence electrons. The molecule has 0 aliphatic heterocycles. The van der Waals surface area contributed by atoms with Gasteiger partial charge in [0.1, 0.15) is 5.78 Å². The second kappa shape index (κ2) is 7.29. The van der Waals surface area contributed by atoms with E-state index < -0.39 is 0 Å². The molecule has 0 radical (unpaired) electrons. The summed E-state index contributed by atoms with van der Waals surface area (Å²) in [5.74, 6) is 0.916. The molecule has 1 N–H and O–H groups in total. The first kappa shape index (κ1) is 11.6. The van der Waals surface area contributed by atoms with Crippen LogP contribution >= 0.6 is 0 Å².